The van der Waals surface area contributed by atoms with Crippen molar-refractivity contribution in [1.82, 2.24) is 0 Å². The molecular formula is C9H17NO5P+. The lowest BCUT2D eigenvalue weighted by molar-refractivity contribution is -0.873. The minimum Gasteiger partial charge on any atom is -0.429 e. The van der Waals surface area contributed by atoms with Gasteiger partial charge in [0.05, 0.1) is 21.1 Å². The van der Waals surface area contributed by atoms with Crippen LogP contribution in [0.15, 0.2) is 0 Å². The number of quaternary nitrogens is 1. The number of esters is 1. The number of carbonyl (C=O) groups is 2. The number of likely N-dealkylation sites (N-methyl/N-ethyl adjacent to an activating group) is 1. The van der Waals surface area contributed by atoms with Gasteiger partial charge in [-0.1, -0.05) is 0 Å². The summed E-state index contributed by atoms with van der Waals surface area (Å²) in [6, 6.07) is 0. The molecule has 0 aliphatic carbocycles. The largest absolute Gasteiger partial charge is 0.429 e. The molecule has 0 N–H and O–H groups in total. The van der Waals surface area contributed by atoms with E-state index in [-0.39, 0.29) is 11.0 Å². The molecule has 1 atom stereocenters. The monoisotopic (exact) mass is 250 g/mol. The van der Waals surface area contributed by atoms with Gasteiger partial charge in [0.2, 0.25) is 0 Å². The fraction of sp³-hybridized carbons (Fsp3) is 0.778. The quantitative estimate of drug-likeness (QED) is 0.408. The van der Waals surface area contributed by atoms with Crippen LogP contribution in [0.4, 0.5) is 0 Å². The van der Waals surface area contributed by atoms with Crippen molar-refractivity contribution in [3.63, 3.8) is 0 Å². The molecular weight excluding hydrogens is 233 g/mol. The number of ether oxygens (including phenoxy) is 1. The smallest absolute Gasteiger partial charge is 0.374 e. The highest BCUT2D eigenvalue weighted by Crippen LogP contribution is 2.33. The number of hydrogen-bond donors (Lipinski definition) is 0. The van der Waals surface area contributed by atoms with Crippen molar-refractivity contribution in [2.24, 2.45) is 0 Å². The first-order valence-electron chi connectivity index (χ1n) is 4.67. The summed E-state index contributed by atoms with van der Waals surface area (Å²) in [6.45, 7) is 2.07. The molecule has 0 bridgehead atoms. The van der Waals surface area contributed by atoms with Crippen molar-refractivity contribution in [3.05, 3.63) is 0 Å². The fourth-order valence-corrected chi connectivity index (χ4v) is 2.32. The second-order valence-electron chi connectivity index (χ2n) is 4.64. The molecule has 7 heteroatoms. The zero-order chi connectivity index (χ0) is 13.1. The highest BCUT2D eigenvalue weighted by atomic mass is 31.1. The first-order valence-corrected chi connectivity index (χ1v) is 5.84. The predicted molar refractivity (Wildman–Crippen MR) is 56.4 cm³/mol. The maximum absolute atomic E-state index is 11.4. The summed E-state index contributed by atoms with van der Waals surface area (Å²) in [5.74, 6) is -1.48. The Hall–Kier alpha value is -1.00. The first-order chi connectivity index (χ1) is 7.01. The molecule has 0 aromatic heterocycles. The summed E-state index contributed by atoms with van der Waals surface area (Å²) < 4.78 is 27.3. The van der Waals surface area contributed by atoms with Crippen molar-refractivity contribution >= 4 is 19.4 Å². The van der Waals surface area contributed by atoms with Gasteiger partial charge in [-0.2, -0.15) is 0 Å². The van der Waals surface area contributed by atoms with E-state index in [0.717, 1.165) is 13.8 Å². The Morgan fingerprint density at radius 2 is 1.62 bits per heavy atom. The van der Waals surface area contributed by atoms with Crippen molar-refractivity contribution in [1.29, 1.82) is 0 Å². The van der Waals surface area contributed by atoms with E-state index in [1.54, 1.807) is 21.1 Å². The number of Topliss-reactive ketones (excluding diaryl/α,β-unsaturated/α-hetero) is 1. The summed E-state index contributed by atoms with van der Waals surface area (Å²) in [7, 11) is 1.93. The van der Waals surface area contributed by atoms with E-state index in [1.165, 1.54) is 0 Å². The topological polar surface area (TPSA) is 77.5 Å². The van der Waals surface area contributed by atoms with E-state index in [2.05, 4.69) is 0 Å². The summed E-state index contributed by atoms with van der Waals surface area (Å²) in [4.78, 5) is 22.4. The summed E-state index contributed by atoms with van der Waals surface area (Å²) in [5, 5.41) is -2.06. The van der Waals surface area contributed by atoms with Crippen LogP contribution < -0.4 is 0 Å². The van der Waals surface area contributed by atoms with Crippen molar-refractivity contribution in [2.75, 3.05) is 27.7 Å². The van der Waals surface area contributed by atoms with E-state index >= 15 is 0 Å². The van der Waals surface area contributed by atoms with Gasteiger partial charge in [0.15, 0.2) is 5.78 Å². The number of carbonyl (C=O) groups excluding carboxylic acids is 2. The van der Waals surface area contributed by atoms with Gasteiger partial charge in [0, 0.05) is 6.92 Å². The Kier molecular flexibility index (Phi) is 4.58. The predicted octanol–water partition coefficient (Wildman–Crippen LogP) is 0.714. The first kappa shape index (κ1) is 15.0. The lowest BCUT2D eigenvalue weighted by atomic mass is 10.2. The average molecular weight is 250 g/mol. The third kappa shape index (κ3) is 3.87. The van der Waals surface area contributed by atoms with Gasteiger partial charge in [-0.3, -0.25) is 9.59 Å². The van der Waals surface area contributed by atoms with Crippen LogP contribution in [-0.2, 0) is 23.5 Å². The second-order valence-corrected chi connectivity index (χ2v) is 5.88. The normalized spacial score (nSPS) is 15.1. The highest BCUT2D eigenvalue weighted by molar-refractivity contribution is 7.34. The Morgan fingerprint density at radius 1 is 1.19 bits per heavy atom. The molecule has 0 saturated carbocycles. The van der Waals surface area contributed by atoms with Gasteiger partial charge in [-0.15, -0.1) is 0 Å². The Morgan fingerprint density at radius 3 is 1.81 bits per heavy atom. The third-order valence-electron chi connectivity index (χ3n) is 1.85. The molecule has 0 spiro atoms. The molecule has 0 aromatic carbocycles. The van der Waals surface area contributed by atoms with E-state index < -0.39 is 24.8 Å². The third-order valence-corrected chi connectivity index (χ3v) is 2.98. The minimum absolute atomic E-state index is 0.110. The van der Waals surface area contributed by atoms with E-state index in [1.807, 2.05) is 0 Å². The van der Waals surface area contributed by atoms with E-state index in [4.69, 9.17) is 4.74 Å². The van der Waals surface area contributed by atoms with Crippen LogP contribution >= 0.6 is 7.68 Å². The van der Waals surface area contributed by atoms with Gasteiger partial charge in [-0.25, -0.2) is 9.13 Å². The molecule has 0 radical (unpaired) electrons. The van der Waals surface area contributed by atoms with E-state index in [0.29, 0.717) is 0 Å². The summed E-state index contributed by atoms with van der Waals surface area (Å²) in [6.07, 6.45) is 0. The molecule has 0 amide bonds. The van der Waals surface area contributed by atoms with Crippen molar-refractivity contribution < 1.29 is 27.9 Å². The molecule has 0 aliphatic rings. The van der Waals surface area contributed by atoms with Crippen LogP contribution in [0, 0.1) is 0 Å². The van der Waals surface area contributed by atoms with Crippen molar-refractivity contribution in [2.45, 2.75) is 19.2 Å². The SMILES string of the molecule is CC(=O)OC(C[N+](C)(C)C)(C(C)=O)P(=O)=O. The molecule has 6 nitrogen and oxygen atoms in total. The lowest BCUT2D eigenvalue weighted by Gasteiger charge is -2.32. The van der Waals surface area contributed by atoms with Crippen LogP contribution in [0.2, 0.25) is 0 Å². The van der Waals surface area contributed by atoms with Gasteiger partial charge in [0.25, 0.3) is 0 Å². The van der Waals surface area contributed by atoms with Crippen LogP contribution in [0.3, 0.4) is 0 Å². The van der Waals surface area contributed by atoms with Gasteiger partial charge >= 0.3 is 19.0 Å². The molecule has 0 aromatic rings. The number of ketones is 1. The van der Waals surface area contributed by atoms with Crippen LogP contribution in [0.25, 0.3) is 0 Å². The standard InChI is InChI=1S/C9H17NO5P/c1-7(11)9(16(13)14,15-8(2)12)6-10(3,4)5/h6H2,1-5H3/q+1. The fourth-order valence-electron chi connectivity index (χ4n) is 1.32. The van der Waals surface area contributed by atoms with Crippen LogP contribution in [0.5, 0.6) is 0 Å². The van der Waals surface area contributed by atoms with E-state index in [9.17, 15) is 18.7 Å². The molecule has 0 heterocycles. The summed E-state index contributed by atoms with van der Waals surface area (Å²) in [5.41, 5.74) is 0. The maximum Gasteiger partial charge on any atom is 0.374 e. The van der Waals surface area contributed by atoms with Gasteiger partial charge < -0.3 is 9.22 Å². The van der Waals surface area contributed by atoms with Gasteiger partial charge in [-0.05, 0) is 6.92 Å². The van der Waals surface area contributed by atoms with Crippen LogP contribution in [-0.4, -0.2) is 49.3 Å². The maximum atomic E-state index is 11.4. The molecule has 1 unspecified atom stereocenters. The molecule has 92 valence electrons. The zero-order valence-electron chi connectivity index (χ0n) is 10.1. The lowest BCUT2D eigenvalue weighted by Crippen LogP contribution is -2.52. The highest BCUT2D eigenvalue weighted by Gasteiger charge is 2.50. The Balaban J connectivity index is 5.45. The molecule has 0 rings (SSSR count). The average Bonchev–Trinajstić information content (AvgIpc) is 1.98. The minimum atomic E-state index is -3.19. The molecule has 0 aliphatic heterocycles. The molecule has 0 fully saturated rings. The number of rotatable bonds is 5. The zero-order valence-corrected chi connectivity index (χ0v) is 11.0. The number of nitrogens with zero attached hydrogens (tertiary/aromatic N) is 1. The second kappa shape index (κ2) is 4.89. The molecule has 0 saturated heterocycles. The number of hydrogen-bond acceptors (Lipinski definition) is 5. The van der Waals surface area contributed by atoms with Crippen LogP contribution in [0.1, 0.15) is 13.8 Å². The Labute approximate surface area is 95.0 Å². The van der Waals surface area contributed by atoms with Gasteiger partial charge in [0.1, 0.15) is 6.54 Å². The van der Waals surface area contributed by atoms with Crippen molar-refractivity contribution in [3.8, 4) is 0 Å². The Bertz CT molecular complexity index is 361. The molecule has 16 heavy (non-hydrogen) atoms. The summed E-state index contributed by atoms with van der Waals surface area (Å²) >= 11 is 0.